The van der Waals surface area contributed by atoms with E-state index in [1.807, 2.05) is 24.4 Å². The summed E-state index contributed by atoms with van der Waals surface area (Å²) < 4.78 is 5.13. The molecule has 0 saturated heterocycles. The number of methoxy groups -OCH3 is 1. The van der Waals surface area contributed by atoms with E-state index in [1.54, 1.807) is 18.4 Å². The summed E-state index contributed by atoms with van der Waals surface area (Å²) in [5.74, 6) is 0.985. The van der Waals surface area contributed by atoms with Crippen LogP contribution in [0.1, 0.15) is 29.1 Å². The van der Waals surface area contributed by atoms with Crippen molar-refractivity contribution in [1.29, 1.82) is 0 Å². The van der Waals surface area contributed by atoms with E-state index >= 15 is 0 Å². The Kier molecular flexibility index (Phi) is 4.33. The van der Waals surface area contributed by atoms with Gasteiger partial charge in [-0.3, -0.25) is 0 Å². The molecule has 0 radical (unpaired) electrons. The van der Waals surface area contributed by atoms with Crippen LogP contribution in [0.2, 0.25) is 0 Å². The second-order valence-corrected chi connectivity index (χ2v) is 5.22. The molecule has 1 N–H and O–H groups in total. The molecule has 0 bridgehead atoms. The summed E-state index contributed by atoms with van der Waals surface area (Å²) in [7, 11) is 1.67. The van der Waals surface area contributed by atoms with Gasteiger partial charge in [-0.2, -0.15) is 0 Å². The molecule has 0 amide bonds. The molecule has 18 heavy (non-hydrogen) atoms. The molecule has 4 heteroatoms. The smallest absolute Gasteiger partial charge is 0.118 e. The Hall–Kier alpha value is -1.39. The molecule has 3 nitrogen and oxygen atoms in total. The van der Waals surface area contributed by atoms with E-state index in [9.17, 15) is 0 Å². The van der Waals surface area contributed by atoms with Crippen LogP contribution in [0.5, 0.6) is 5.75 Å². The predicted octanol–water partition coefficient (Wildman–Crippen LogP) is 2.84. The fourth-order valence-corrected chi connectivity index (χ4v) is 2.59. The molecule has 1 atom stereocenters. The van der Waals surface area contributed by atoms with Gasteiger partial charge >= 0.3 is 0 Å². The summed E-state index contributed by atoms with van der Waals surface area (Å²) in [4.78, 5) is 4.55. The minimum Gasteiger partial charge on any atom is -0.497 e. The molecule has 0 fully saturated rings. The van der Waals surface area contributed by atoms with Crippen LogP contribution in [0.25, 0.3) is 0 Å². The second-order valence-electron chi connectivity index (χ2n) is 4.27. The first-order chi connectivity index (χ1) is 8.72. The van der Waals surface area contributed by atoms with Gasteiger partial charge in [0.1, 0.15) is 5.75 Å². The fourth-order valence-electron chi connectivity index (χ4n) is 1.64. The molecule has 2 aromatic rings. The van der Waals surface area contributed by atoms with Crippen LogP contribution >= 0.6 is 11.3 Å². The zero-order valence-corrected chi connectivity index (χ0v) is 11.4. The molecule has 1 aromatic heterocycles. The summed E-state index contributed by atoms with van der Waals surface area (Å²) in [6, 6.07) is 8.02. The highest BCUT2D eigenvalue weighted by Gasteiger charge is 2.09. The third-order valence-electron chi connectivity index (χ3n) is 2.86. The number of rotatable bonds is 5. The largest absolute Gasteiger partial charge is 0.497 e. The number of thiazole rings is 1. The normalized spacial score (nSPS) is 12.4. The van der Waals surface area contributed by atoms with Gasteiger partial charge in [0.25, 0.3) is 0 Å². The maximum atomic E-state index is 9.10. The van der Waals surface area contributed by atoms with E-state index in [1.165, 1.54) is 5.56 Å². The quantitative estimate of drug-likeness (QED) is 0.902. The SMILES string of the molecule is COc1ccc(Cc2nc(C(C)CO)cs2)cc1. The standard InChI is InChI=1S/C14H17NO2S/c1-10(8-16)13-9-18-14(15-13)7-11-3-5-12(17-2)6-4-11/h3-6,9-10,16H,7-8H2,1-2H3. The summed E-state index contributed by atoms with van der Waals surface area (Å²) in [6.07, 6.45) is 0.826. The van der Waals surface area contributed by atoms with E-state index in [2.05, 4.69) is 17.1 Å². The Morgan fingerprint density at radius 3 is 2.67 bits per heavy atom. The molecule has 2 rings (SSSR count). The summed E-state index contributed by atoms with van der Waals surface area (Å²) in [5.41, 5.74) is 2.19. The van der Waals surface area contributed by atoms with E-state index in [-0.39, 0.29) is 12.5 Å². The maximum Gasteiger partial charge on any atom is 0.118 e. The van der Waals surface area contributed by atoms with Gasteiger partial charge in [0.15, 0.2) is 0 Å². The lowest BCUT2D eigenvalue weighted by atomic mass is 10.1. The van der Waals surface area contributed by atoms with E-state index < -0.39 is 0 Å². The zero-order valence-electron chi connectivity index (χ0n) is 10.6. The Morgan fingerprint density at radius 2 is 2.06 bits per heavy atom. The average Bonchev–Trinajstić information content (AvgIpc) is 2.87. The number of hydrogen-bond acceptors (Lipinski definition) is 4. The molecule has 0 saturated carbocycles. The minimum absolute atomic E-state index is 0.117. The summed E-state index contributed by atoms with van der Waals surface area (Å²) in [6.45, 7) is 2.12. The lowest BCUT2D eigenvalue weighted by Gasteiger charge is -2.03. The monoisotopic (exact) mass is 263 g/mol. The first kappa shape index (κ1) is 13.1. The third-order valence-corrected chi connectivity index (χ3v) is 3.73. The lowest BCUT2D eigenvalue weighted by Crippen LogP contribution is -1.99. The van der Waals surface area contributed by atoms with Gasteiger partial charge in [-0.25, -0.2) is 4.98 Å². The van der Waals surface area contributed by atoms with Crippen LogP contribution in [-0.4, -0.2) is 23.8 Å². The van der Waals surface area contributed by atoms with Crippen molar-refractivity contribution in [2.75, 3.05) is 13.7 Å². The van der Waals surface area contributed by atoms with Crippen LogP contribution in [0.3, 0.4) is 0 Å². The first-order valence-corrected chi connectivity index (χ1v) is 6.79. The Bertz CT molecular complexity index is 493. The molecule has 1 aromatic carbocycles. The van der Waals surface area contributed by atoms with Gasteiger partial charge in [0.2, 0.25) is 0 Å². The molecule has 0 aliphatic rings. The van der Waals surface area contributed by atoms with Crippen molar-refractivity contribution >= 4 is 11.3 Å². The molecule has 1 heterocycles. The summed E-state index contributed by atoms with van der Waals surface area (Å²) in [5, 5.41) is 12.2. The molecular formula is C14H17NO2S. The lowest BCUT2D eigenvalue weighted by molar-refractivity contribution is 0.271. The molecule has 0 spiro atoms. The number of aliphatic hydroxyl groups excluding tert-OH is 1. The number of hydrogen-bond donors (Lipinski definition) is 1. The van der Waals surface area contributed by atoms with Crippen LogP contribution in [0.15, 0.2) is 29.6 Å². The number of ether oxygens (including phenoxy) is 1. The van der Waals surface area contributed by atoms with E-state index in [4.69, 9.17) is 9.84 Å². The molecule has 96 valence electrons. The van der Waals surface area contributed by atoms with Crippen molar-refractivity contribution in [2.45, 2.75) is 19.3 Å². The van der Waals surface area contributed by atoms with Gasteiger partial charge in [-0.1, -0.05) is 19.1 Å². The summed E-state index contributed by atoms with van der Waals surface area (Å²) >= 11 is 1.64. The fraction of sp³-hybridized carbons (Fsp3) is 0.357. The van der Waals surface area contributed by atoms with Gasteiger partial charge < -0.3 is 9.84 Å². The topological polar surface area (TPSA) is 42.4 Å². The number of nitrogens with zero attached hydrogens (tertiary/aromatic N) is 1. The highest BCUT2D eigenvalue weighted by molar-refractivity contribution is 7.09. The van der Waals surface area contributed by atoms with Crippen molar-refractivity contribution < 1.29 is 9.84 Å². The average molecular weight is 263 g/mol. The Labute approximate surface area is 111 Å². The molecule has 0 aliphatic carbocycles. The van der Waals surface area contributed by atoms with Crippen LogP contribution < -0.4 is 4.74 Å². The van der Waals surface area contributed by atoms with Crippen LogP contribution in [-0.2, 0) is 6.42 Å². The maximum absolute atomic E-state index is 9.10. The molecule has 0 aliphatic heterocycles. The number of aromatic nitrogens is 1. The highest BCUT2D eigenvalue weighted by atomic mass is 32.1. The second kappa shape index (κ2) is 5.98. The minimum atomic E-state index is 0.117. The van der Waals surface area contributed by atoms with Crippen molar-refractivity contribution in [2.24, 2.45) is 0 Å². The van der Waals surface area contributed by atoms with Gasteiger partial charge in [0, 0.05) is 17.7 Å². The third kappa shape index (κ3) is 3.09. The van der Waals surface area contributed by atoms with Gasteiger partial charge in [-0.15, -0.1) is 11.3 Å². The zero-order chi connectivity index (χ0) is 13.0. The van der Waals surface area contributed by atoms with Crippen molar-refractivity contribution in [3.05, 3.63) is 45.9 Å². The van der Waals surface area contributed by atoms with Crippen LogP contribution in [0, 0.1) is 0 Å². The number of aliphatic hydroxyl groups is 1. The molecular weight excluding hydrogens is 246 g/mol. The number of benzene rings is 1. The molecule has 1 unspecified atom stereocenters. The predicted molar refractivity (Wildman–Crippen MR) is 73.4 cm³/mol. The van der Waals surface area contributed by atoms with Crippen molar-refractivity contribution in [3.63, 3.8) is 0 Å². The Balaban J connectivity index is 2.06. The van der Waals surface area contributed by atoms with Crippen molar-refractivity contribution in [1.82, 2.24) is 4.98 Å². The highest BCUT2D eigenvalue weighted by Crippen LogP contribution is 2.21. The first-order valence-electron chi connectivity index (χ1n) is 5.91. The van der Waals surface area contributed by atoms with E-state index in [0.717, 1.165) is 22.9 Å². The Morgan fingerprint density at radius 1 is 1.33 bits per heavy atom. The van der Waals surface area contributed by atoms with Crippen molar-refractivity contribution in [3.8, 4) is 5.75 Å². The van der Waals surface area contributed by atoms with Gasteiger partial charge in [0.05, 0.1) is 24.4 Å². The van der Waals surface area contributed by atoms with Gasteiger partial charge in [-0.05, 0) is 17.7 Å². The van der Waals surface area contributed by atoms with Crippen LogP contribution in [0.4, 0.5) is 0 Å². The van der Waals surface area contributed by atoms with E-state index in [0.29, 0.717) is 0 Å².